The van der Waals surface area contributed by atoms with E-state index in [1.54, 1.807) is 13.2 Å². The van der Waals surface area contributed by atoms with E-state index in [-0.39, 0.29) is 6.03 Å². The number of methoxy groups -OCH3 is 1. The molecule has 2 amide bonds. The maximum absolute atomic E-state index is 11.4. The molecule has 1 aromatic rings. The normalized spacial score (nSPS) is 9.62. The first-order valence-electron chi connectivity index (χ1n) is 5.45. The van der Waals surface area contributed by atoms with Crippen LogP contribution in [0.4, 0.5) is 10.5 Å². The minimum atomic E-state index is -0.179. The van der Waals surface area contributed by atoms with E-state index in [4.69, 9.17) is 4.74 Å². The molecule has 0 atom stereocenters. The highest BCUT2D eigenvalue weighted by Crippen LogP contribution is 2.16. The third-order valence-corrected chi connectivity index (χ3v) is 2.14. The molecule has 0 spiro atoms. The van der Waals surface area contributed by atoms with Crippen LogP contribution in [0, 0.1) is 0 Å². The first-order chi connectivity index (χ1) is 7.76. The summed E-state index contributed by atoms with van der Waals surface area (Å²) in [5.74, 6) is 0.728. The predicted octanol–water partition coefficient (Wildman–Crippen LogP) is 2.62. The van der Waals surface area contributed by atoms with Crippen LogP contribution in [0.25, 0.3) is 0 Å². The summed E-state index contributed by atoms with van der Waals surface area (Å²) < 4.78 is 5.06. The summed E-state index contributed by atoms with van der Waals surface area (Å²) >= 11 is 0. The van der Waals surface area contributed by atoms with Gasteiger partial charge in [0.1, 0.15) is 5.75 Å². The van der Waals surface area contributed by atoms with Crippen LogP contribution in [0.1, 0.15) is 19.8 Å². The molecule has 4 heteroatoms. The Balaban J connectivity index is 2.43. The number of amides is 2. The number of nitrogens with one attached hydrogen (secondary N) is 2. The lowest BCUT2D eigenvalue weighted by molar-refractivity contribution is 0.252. The molecule has 0 radical (unpaired) electrons. The third-order valence-electron chi connectivity index (χ3n) is 2.14. The number of hydrogen-bond acceptors (Lipinski definition) is 2. The van der Waals surface area contributed by atoms with Gasteiger partial charge in [0, 0.05) is 18.3 Å². The molecule has 0 saturated heterocycles. The van der Waals surface area contributed by atoms with Gasteiger partial charge in [-0.25, -0.2) is 4.79 Å². The van der Waals surface area contributed by atoms with Crippen molar-refractivity contribution in [3.63, 3.8) is 0 Å². The number of urea groups is 1. The average Bonchev–Trinajstić information content (AvgIpc) is 2.29. The first-order valence-corrected chi connectivity index (χ1v) is 5.45. The summed E-state index contributed by atoms with van der Waals surface area (Å²) in [6.45, 7) is 2.79. The number of carbonyl (C=O) groups is 1. The molecule has 0 aromatic heterocycles. The van der Waals surface area contributed by atoms with Crippen LogP contribution in [0.5, 0.6) is 5.75 Å². The molecule has 0 unspecified atom stereocenters. The minimum absolute atomic E-state index is 0.179. The molecule has 0 aliphatic heterocycles. The molecule has 0 heterocycles. The number of benzene rings is 1. The molecule has 1 aromatic carbocycles. The quantitative estimate of drug-likeness (QED) is 0.752. The zero-order chi connectivity index (χ0) is 11.8. The van der Waals surface area contributed by atoms with Crippen LogP contribution in [-0.2, 0) is 0 Å². The summed E-state index contributed by atoms with van der Waals surface area (Å²) in [5, 5.41) is 5.52. The molecular weight excluding hydrogens is 204 g/mol. The molecule has 88 valence electrons. The minimum Gasteiger partial charge on any atom is -0.497 e. The van der Waals surface area contributed by atoms with E-state index in [0.29, 0.717) is 6.54 Å². The van der Waals surface area contributed by atoms with E-state index in [1.807, 2.05) is 18.2 Å². The second-order valence-electron chi connectivity index (χ2n) is 3.47. The Morgan fingerprint density at radius 1 is 1.44 bits per heavy atom. The second-order valence-corrected chi connectivity index (χ2v) is 3.47. The highest BCUT2D eigenvalue weighted by Gasteiger charge is 2.01. The van der Waals surface area contributed by atoms with Crippen molar-refractivity contribution in [2.24, 2.45) is 0 Å². The molecule has 0 fully saturated rings. The Kier molecular flexibility index (Phi) is 5.19. The zero-order valence-corrected chi connectivity index (χ0v) is 9.75. The van der Waals surface area contributed by atoms with Gasteiger partial charge in [-0.15, -0.1) is 0 Å². The van der Waals surface area contributed by atoms with Gasteiger partial charge in [0.2, 0.25) is 0 Å². The average molecular weight is 222 g/mol. The Hall–Kier alpha value is -1.71. The monoisotopic (exact) mass is 222 g/mol. The number of carbonyl (C=O) groups excluding carboxylic acids is 1. The summed E-state index contributed by atoms with van der Waals surface area (Å²) in [6, 6.07) is 7.09. The molecule has 4 nitrogen and oxygen atoms in total. The molecule has 0 saturated carbocycles. The van der Waals surface area contributed by atoms with Crippen LogP contribution in [0.3, 0.4) is 0 Å². The lowest BCUT2D eigenvalue weighted by Gasteiger charge is -2.08. The van der Waals surface area contributed by atoms with Gasteiger partial charge in [0.05, 0.1) is 7.11 Å². The Labute approximate surface area is 96.0 Å². The van der Waals surface area contributed by atoms with Crippen molar-refractivity contribution in [2.75, 3.05) is 19.0 Å². The van der Waals surface area contributed by atoms with Crippen molar-refractivity contribution in [2.45, 2.75) is 19.8 Å². The lowest BCUT2D eigenvalue weighted by Crippen LogP contribution is -2.29. The second kappa shape index (κ2) is 6.71. The maximum Gasteiger partial charge on any atom is 0.319 e. The largest absolute Gasteiger partial charge is 0.497 e. The number of unbranched alkanes of at least 4 members (excludes halogenated alkanes) is 1. The fraction of sp³-hybridized carbons (Fsp3) is 0.417. The van der Waals surface area contributed by atoms with Gasteiger partial charge in [-0.3, -0.25) is 0 Å². The predicted molar refractivity (Wildman–Crippen MR) is 64.9 cm³/mol. The van der Waals surface area contributed by atoms with Gasteiger partial charge in [0.25, 0.3) is 0 Å². The molecule has 16 heavy (non-hydrogen) atoms. The summed E-state index contributed by atoms with van der Waals surface area (Å²) in [4.78, 5) is 11.4. The fourth-order valence-corrected chi connectivity index (χ4v) is 1.25. The van der Waals surface area contributed by atoms with E-state index < -0.39 is 0 Å². The van der Waals surface area contributed by atoms with E-state index in [1.165, 1.54) is 0 Å². The smallest absolute Gasteiger partial charge is 0.319 e. The van der Waals surface area contributed by atoms with E-state index >= 15 is 0 Å². The third kappa shape index (κ3) is 4.21. The van der Waals surface area contributed by atoms with Crippen molar-refractivity contribution >= 4 is 11.7 Å². The zero-order valence-electron chi connectivity index (χ0n) is 9.75. The van der Waals surface area contributed by atoms with Gasteiger partial charge < -0.3 is 15.4 Å². The fourth-order valence-electron chi connectivity index (χ4n) is 1.25. The number of rotatable bonds is 5. The summed E-state index contributed by atoms with van der Waals surface area (Å²) in [6.07, 6.45) is 2.06. The van der Waals surface area contributed by atoms with E-state index in [2.05, 4.69) is 17.6 Å². The van der Waals surface area contributed by atoms with Crippen LogP contribution < -0.4 is 15.4 Å². The first kappa shape index (κ1) is 12.4. The SMILES string of the molecule is CCCCNC(=O)Nc1cccc(OC)c1. The highest BCUT2D eigenvalue weighted by molar-refractivity contribution is 5.89. The van der Waals surface area contributed by atoms with Crippen LogP contribution in [0.2, 0.25) is 0 Å². The summed E-state index contributed by atoms with van der Waals surface area (Å²) in [5.41, 5.74) is 0.730. The molecule has 0 bridgehead atoms. The van der Waals surface area contributed by atoms with Crippen molar-refractivity contribution in [1.29, 1.82) is 0 Å². The van der Waals surface area contributed by atoms with Crippen molar-refractivity contribution in [3.05, 3.63) is 24.3 Å². The van der Waals surface area contributed by atoms with Crippen molar-refractivity contribution < 1.29 is 9.53 Å². The topological polar surface area (TPSA) is 50.4 Å². The maximum atomic E-state index is 11.4. The standard InChI is InChI=1S/C12H18N2O2/c1-3-4-8-13-12(15)14-10-6-5-7-11(9-10)16-2/h5-7,9H,3-4,8H2,1-2H3,(H2,13,14,15). The van der Waals surface area contributed by atoms with Gasteiger partial charge in [-0.05, 0) is 18.6 Å². The van der Waals surface area contributed by atoms with E-state index in [9.17, 15) is 4.79 Å². The molecule has 1 rings (SSSR count). The van der Waals surface area contributed by atoms with Gasteiger partial charge >= 0.3 is 6.03 Å². The summed E-state index contributed by atoms with van der Waals surface area (Å²) in [7, 11) is 1.60. The number of hydrogen-bond donors (Lipinski definition) is 2. The molecule has 0 aliphatic rings. The lowest BCUT2D eigenvalue weighted by atomic mass is 10.3. The molecule has 0 aliphatic carbocycles. The van der Waals surface area contributed by atoms with Crippen molar-refractivity contribution in [3.8, 4) is 5.75 Å². The van der Waals surface area contributed by atoms with Gasteiger partial charge in [-0.1, -0.05) is 19.4 Å². The Morgan fingerprint density at radius 2 is 2.25 bits per heavy atom. The molecular formula is C12H18N2O2. The van der Waals surface area contributed by atoms with Gasteiger partial charge in [-0.2, -0.15) is 0 Å². The van der Waals surface area contributed by atoms with Gasteiger partial charge in [0.15, 0.2) is 0 Å². The Morgan fingerprint density at radius 3 is 2.94 bits per heavy atom. The Bertz CT molecular complexity index is 340. The highest BCUT2D eigenvalue weighted by atomic mass is 16.5. The van der Waals surface area contributed by atoms with Crippen molar-refractivity contribution in [1.82, 2.24) is 5.32 Å². The molecule has 2 N–H and O–H groups in total. The van der Waals surface area contributed by atoms with Crippen LogP contribution >= 0.6 is 0 Å². The van der Waals surface area contributed by atoms with Crippen LogP contribution in [-0.4, -0.2) is 19.7 Å². The number of ether oxygens (including phenoxy) is 1. The number of anilines is 1. The van der Waals surface area contributed by atoms with Crippen LogP contribution in [0.15, 0.2) is 24.3 Å². The van der Waals surface area contributed by atoms with E-state index in [0.717, 1.165) is 24.3 Å².